The van der Waals surface area contributed by atoms with Crippen molar-refractivity contribution >= 4 is 6.21 Å². The third kappa shape index (κ3) is 4.67. The molecule has 109 valence electrons. The summed E-state index contributed by atoms with van der Waals surface area (Å²) in [4.78, 5) is 5.08. The van der Waals surface area contributed by atoms with Crippen LogP contribution in [0.3, 0.4) is 0 Å². The lowest BCUT2D eigenvalue weighted by atomic mass is 10.1. The Labute approximate surface area is 123 Å². The minimum Gasteiger partial charge on any atom is -0.390 e. The second kappa shape index (κ2) is 7.53. The molecule has 0 N–H and O–H groups in total. The van der Waals surface area contributed by atoms with E-state index in [9.17, 15) is 8.78 Å². The summed E-state index contributed by atoms with van der Waals surface area (Å²) < 4.78 is 25.1. The zero-order valence-electron chi connectivity index (χ0n) is 11.7. The predicted molar refractivity (Wildman–Crippen MR) is 78.5 cm³/mol. The highest BCUT2D eigenvalue weighted by atomic mass is 19.3. The largest absolute Gasteiger partial charge is 0.390 e. The first-order valence-electron chi connectivity index (χ1n) is 6.73. The van der Waals surface area contributed by atoms with Gasteiger partial charge in [0.1, 0.15) is 12.8 Å². The van der Waals surface area contributed by atoms with Gasteiger partial charge in [0.15, 0.2) is 0 Å². The van der Waals surface area contributed by atoms with Crippen molar-refractivity contribution < 1.29 is 13.6 Å². The smallest absolute Gasteiger partial charge is 0.263 e. The monoisotopic (exact) mass is 288 g/mol. The molecule has 0 saturated heterocycles. The van der Waals surface area contributed by atoms with Crippen molar-refractivity contribution in [3.63, 3.8) is 0 Å². The van der Waals surface area contributed by atoms with Crippen LogP contribution < -0.4 is 0 Å². The van der Waals surface area contributed by atoms with Gasteiger partial charge >= 0.3 is 0 Å². The van der Waals surface area contributed by atoms with Crippen LogP contribution in [0.5, 0.6) is 0 Å². The zero-order valence-corrected chi connectivity index (χ0v) is 11.7. The molecule has 2 aromatic rings. The molecule has 0 aliphatic heterocycles. The van der Waals surface area contributed by atoms with Gasteiger partial charge < -0.3 is 4.84 Å². The van der Waals surface area contributed by atoms with Crippen LogP contribution in [0, 0.1) is 0 Å². The first-order valence-corrected chi connectivity index (χ1v) is 6.73. The van der Waals surface area contributed by atoms with E-state index in [4.69, 9.17) is 4.84 Å². The molecule has 0 saturated carbocycles. The molecule has 0 unspecified atom stereocenters. The van der Waals surface area contributed by atoms with Crippen LogP contribution >= 0.6 is 0 Å². The van der Waals surface area contributed by atoms with Crippen LogP contribution in [0.1, 0.15) is 35.6 Å². The van der Waals surface area contributed by atoms with Crippen LogP contribution in [-0.4, -0.2) is 6.21 Å². The average molecular weight is 288 g/mol. The van der Waals surface area contributed by atoms with Gasteiger partial charge in [-0.25, -0.2) is 8.78 Å². The molecule has 0 spiro atoms. The van der Waals surface area contributed by atoms with E-state index in [1.165, 1.54) is 17.7 Å². The Hall–Kier alpha value is -2.23. The first kappa shape index (κ1) is 15.2. The highest BCUT2D eigenvalue weighted by Crippen LogP contribution is 2.19. The third-order valence-electron chi connectivity index (χ3n) is 3.04. The summed E-state index contributed by atoms with van der Waals surface area (Å²) in [5, 5.41) is 3.73. The van der Waals surface area contributed by atoms with Crippen LogP contribution in [0.2, 0.25) is 0 Å². The van der Waals surface area contributed by atoms with Crippen molar-refractivity contribution in [3.05, 3.63) is 70.8 Å². The van der Waals surface area contributed by atoms with E-state index in [1.54, 1.807) is 12.1 Å². The van der Waals surface area contributed by atoms with Gasteiger partial charge in [0.05, 0.1) is 0 Å². The van der Waals surface area contributed by atoms with E-state index >= 15 is 0 Å². The maximum Gasteiger partial charge on any atom is 0.263 e. The zero-order chi connectivity index (χ0) is 15.1. The highest BCUT2D eigenvalue weighted by molar-refractivity contribution is 5.79. The van der Waals surface area contributed by atoms with Crippen molar-refractivity contribution in [2.75, 3.05) is 0 Å². The number of halogens is 2. The van der Waals surface area contributed by atoms with E-state index in [2.05, 4.69) is 18.3 Å². The maximum atomic E-state index is 12.5. The second-order valence-electron chi connectivity index (χ2n) is 4.57. The van der Waals surface area contributed by atoms with Gasteiger partial charge in [0.25, 0.3) is 6.43 Å². The molecule has 1 radical (unpaired) electrons. The van der Waals surface area contributed by atoms with E-state index in [0.29, 0.717) is 5.56 Å². The molecule has 2 rings (SSSR count). The second-order valence-corrected chi connectivity index (χ2v) is 4.57. The van der Waals surface area contributed by atoms with Crippen molar-refractivity contribution in [3.8, 4) is 0 Å². The van der Waals surface area contributed by atoms with Gasteiger partial charge in [0.2, 0.25) is 0 Å². The van der Waals surface area contributed by atoms with Gasteiger partial charge in [-0.1, -0.05) is 54.5 Å². The fraction of sp³-hybridized carbons (Fsp3) is 0.235. The van der Waals surface area contributed by atoms with E-state index in [0.717, 1.165) is 12.0 Å². The third-order valence-corrected chi connectivity index (χ3v) is 3.04. The van der Waals surface area contributed by atoms with Gasteiger partial charge in [-0.2, -0.15) is 0 Å². The van der Waals surface area contributed by atoms with Crippen LogP contribution in [0.25, 0.3) is 0 Å². The first-order chi connectivity index (χ1) is 10.2. The Kier molecular flexibility index (Phi) is 5.43. The quantitative estimate of drug-likeness (QED) is 0.561. The number of benzene rings is 2. The molecular weight excluding hydrogens is 272 g/mol. The number of aryl methyl sites for hydroxylation is 1. The summed E-state index contributed by atoms with van der Waals surface area (Å²) in [6.45, 7) is 2.23. The molecule has 21 heavy (non-hydrogen) atoms. The van der Waals surface area contributed by atoms with Crippen molar-refractivity contribution in [1.82, 2.24) is 0 Å². The average Bonchev–Trinajstić information content (AvgIpc) is 2.52. The number of alkyl halides is 2. The van der Waals surface area contributed by atoms with Crippen LogP contribution in [0.15, 0.2) is 53.7 Å². The lowest BCUT2D eigenvalue weighted by Crippen LogP contribution is -1.91. The van der Waals surface area contributed by atoms with E-state index in [-0.39, 0.29) is 12.2 Å². The topological polar surface area (TPSA) is 21.6 Å². The Bertz CT molecular complexity index is 594. The maximum absolute atomic E-state index is 12.5. The number of hydrogen-bond acceptors (Lipinski definition) is 2. The summed E-state index contributed by atoms with van der Waals surface area (Å²) in [7, 11) is 0. The fourth-order valence-corrected chi connectivity index (χ4v) is 1.83. The van der Waals surface area contributed by atoms with E-state index in [1.807, 2.05) is 24.3 Å². The molecule has 0 aliphatic rings. The van der Waals surface area contributed by atoms with Crippen molar-refractivity contribution in [1.29, 1.82) is 0 Å². The molecule has 0 atom stereocenters. The SMILES string of the molecule is CCc1ccc(/[C]=N\OCc2cccc(C(F)F)c2)cc1. The molecule has 0 fully saturated rings. The highest BCUT2D eigenvalue weighted by Gasteiger charge is 2.06. The Morgan fingerprint density at radius 3 is 2.52 bits per heavy atom. The van der Waals surface area contributed by atoms with Crippen molar-refractivity contribution in [2.45, 2.75) is 26.4 Å². The molecule has 0 bridgehead atoms. The predicted octanol–water partition coefficient (Wildman–Crippen LogP) is 4.61. The van der Waals surface area contributed by atoms with E-state index < -0.39 is 6.43 Å². The minimum atomic E-state index is -2.47. The number of nitrogens with zero attached hydrogens (tertiary/aromatic N) is 1. The molecule has 0 aliphatic carbocycles. The Morgan fingerprint density at radius 1 is 1.10 bits per heavy atom. The standard InChI is InChI=1S/C17H16F2NO/c1-2-13-6-8-14(9-7-13)11-20-21-12-15-4-3-5-16(10-15)17(18)19/h3-10,17H,2,12H2,1H3. The molecule has 0 aromatic heterocycles. The molecule has 0 amide bonds. The summed E-state index contributed by atoms with van der Waals surface area (Å²) in [5.41, 5.74) is 2.69. The number of hydrogen-bond donors (Lipinski definition) is 0. The van der Waals surface area contributed by atoms with Crippen LogP contribution in [-0.2, 0) is 17.9 Å². The minimum absolute atomic E-state index is 0.0146. The molecule has 2 aromatic carbocycles. The lowest BCUT2D eigenvalue weighted by molar-refractivity contribution is 0.130. The summed E-state index contributed by atoms with van der Waals surface area (Å²) in [6.07, 6.45) is 1.26. The lowest BCUT2D eigenvalue weighted by Gasteiger charge is -2.03. The van der Waals surface area contributed by atoms with Gasteiger partial charge in [0, 0.05) is 11.1 Å². The van der Waals surface area contributed by atoms with Gasteiger partial charge in [-0.05, 0) is 23.6 Å². The molecule has 2 nitrogen and oxygen atoms in total. The molecule has 4 heteroatoms. The molecular formula is C17H16F2NO. The van der Waals surface area contributed by atoms with Gasteiger partial charge in [-0.15, -0.1) is 0 Å². The fourth-order valence-electron chi connectivity index (χ4n) is 1.83. The summed E-state index contributed by atoms with van der Waals surface area (Å²) >= 11 is 0. The molecule has 0 heterocycles. The Balaban J connectivity index is 1.88. The van der Waals surface area contributed by atoms with Crippen molar-refractivity contribution in [2.24, 2.45) is 5.16 Å². The normalized spacial score (nSPS) is 11.2. The number of rotatable bonds is 6. The van der Waals surface area contributed by atoms with Crippen LogP contribution in [0.4, 0.5) is 8.78 Å². The van der Waals surface area contributed by atoms with Gasteiger partial charge in [-0.3, -0.25) is 0 Å². The Morgan fingerprint density at radius 2 is 1.86 bits per heavy atom. The summed E-state index contributed by atoms with van der Waals surface area (Å²) in [5.74, 6) is 0. The summed E-state index contributed by atoms with van der Waals surface area (Å²) in [6, 6.07) is 13.9.